The predicted molar refractivity (Wildman–Crippen MR) is 95.8 cm³/mol. The summed E-state index contributed by atoms with van der Waals surface area (Å²) in [5.74, 6) is -1.36. The molecular weight excluding hydrogens is 352 g/mol. The van der Waals surface area contributed by atoms with Crippen LogP contribution in [0.5, 0.6) is 0 Å². The second-order valence-electron chi connectivity index (χ2n) is 5.88. The van der Waals surface area contributed by atoms with Crippen molar-refractivity contribution in [2.45, 2.75) is 32.7 Å². The number of hydrogen-bond donors (Lipinski definition) is 2. The van der Waals surface area contributed by atoms with Gasteiger partial charge in [-0.15, -0.1) is 0 Å². The van der Waals surface area contributed by atoms with E-state index >= 15 is 0 Å². The molecule has 1 aromatic rings. The number of hydrogen-bond acceptors (Lipinski definition) is 6. The Kier molecular flexibility index (Phi) is 7.10. The van der Waals surface area contributed by atoms with Crippen LogP contribution in [-0.4, -0.2) is 43.0 Å². The van der Waals surface area contributed by atoms with E-state index in [1.54, 1.807) is 44.2 Å². The lowest BCUT2D eigenvalue weighted by Crippen LogP contribution is -2.50. The molecule has 0 saturated heterocycles. The average molecular weight is 374 g/mol. The Hall–Kier alpha value is -3.16. The van der Waals surface area contributed by atoms with E-state index in [9.17, 15) is 19.2 Å². The van der Waals surface area contributed by atoms with Crippen molar-refractivity contribution >= 4 is 23.8 Å². The van der Waals surface area contributed by atoms with Gasteiger partial charge in [0.15, 0.2) is 5.78 Å². The number of carbonyl (C=O) groups is 4. The molecule has 0 saturated carbocycles. The van der Waals surface area contributed by atoms with Gasteiger partial charge in [-0.1, -0.05) is 30.3 Å². The van der Waals surface area contributed by atoms with Gasteiger partial charge in [-0.05, 0) is 13.8 Å². The minimum Gasteiger partial charge on any atom is -0.463 e. The summed E-state index contributed by atoms with van der Waals surface area (Å²) in [6.07, 6.45) is -0.0888. The van der Waals surface area contributed by atoms with Gasteiger partial charge in [0.2, 0.25) is 0 Å². The van der Waals surface area contributed by atoms with Crippen LogP contribution in [0.1, 0.15) is 37.0 Å². The molecule has 0 aliphatic carbocycles. The molecule has 1 heterocycles. The Morgan fingerprint density at radius 3 is 2.44 bits per heavy atom. The van der Waals surface area contributed by atoms with Crippen LogP contribution in [0.2, 0.25) is 0 Å². The zero-order valence-corrected chi connectivity index (χ0v) is 15.2. The smallest absolute Gasteiger partial charge is 0.338 e. The number of Topliss-reactive ketones (excluding diaryl/α,β-unsaturated/α-hetero) is 1. The Balaban J connectivity index is 1.94. The van der Waals surface area contributed by atoms with Crippen molar-refractivity contribution < 1.29 is 28.7 Å². The lowest BCUT2D eigenvalue weighted by molar-refractivity contribution is -0.143. The first-order valence-electron chi connectivity index (χ1n) is 8.64. The van der Waals surface area contributed by atoms with E-state index in [4.69, 9.17) is 9.47 Å². The van der Waals surface area contributed by atoms with Crippen molar-refractivity contribution in [2.75, 3.05) is 13.2 Å². The summed E-state index contributed by atoms with van der Waals surface area (Å²) in [5.41, 5.74) is 0.897. The first-order valence-corrected chi connectivity index (χ1v) is 8.64. The number of benzene rings is 1. The van der Waals surface area contributed by atoms with E-state index in [0.717, 1.165) is 0 Å². The standard InChI is InChI=1S/C19H22N2O6/c1-3-26-18(24)17-12(2)20-19(25)21-14(17)11-27-16(23)10-9-15(22)13-7-5-4-6-8-13/h4-8,12H,3,9-11H2,1-2H3,(H2,20,21,25)/t12-/m0/s1. The SMILES string of the molecule is CCOC(=O)C1=C(COC(=O)CCC(=O)c2ccccc2)NC(=O)N[C@H]1C. The lowest BCUT2D eigenvalue weighted by atomic mass is 10.0. The van der Waals surface area contributed by atoms with Crippen LogP contribution < -0.4 is 10.6 Å². The van der Waals surface area contributed by atoms with Crippen molar-refractivity contribution in [3.05, 3.63) is 47.2 Å². The van der Waals surface area contributed by atoms with Crippen molar-refractivity contribution in [3.63, 3.8) is 0 Å². The number of amides is 2. The Morgan fingerprint density at radius 2 is 1.78 bits per heavy atom. The van der Waals surface area contributed by atoms with Crippen LogP contribution >= 0.6 is 0 Å². The highest BCUT2D eigenvalue weighted by Gasteiger charge is 2.30. The van der Waals surface area contributed by atoms with E-state index in [2.05, 4.69) is 10.6 Å². The molecule has 1 atom stereocenters. The molecule has 8 nitrogen and oxygen atoms in total. The molecule has 2 N–H and O–H groups in total. The number of rotatable bonds is 8. The number of nitrogens with one attached hydrogen (secondary N) is 2. The molecule has 0 unspecified atom stereocenters. The summed E-state index contributed by atoms with van der Waals surface area (Å²) >= 11 is 0. The molecule has 0 fully saturated rings. The van der Waals surface area contributed by atoms with Crippen LogP contribution in [0.4, 0.5) is 4.79 Å². The molecule has 0 aromatic heterocycles. The summed E-state index contributed by atoms with van der Waals surface area (Å²) in [4.78, 5) is 47.7. The Bertz CT molecular complexity index is 757. The molecule has 0 radical (unpaired) electrons. The normalized spacial score (nSPS) is 16.2. The molecule has 1 aromatic carbocycles. The summed E-state index contributed by atoms with van der Waals surface area (Å²) in [7, 11) is 0. The third-order valence-electron chi connectivity index (χ3n) is 3.89. The first kappa shape index (κ1) is 20.2. The largest absolute Gasteiger partial charge is 0.463 e. The van der Waals surface area contributed by atoms with E-state index in [1.807, 2.05) is 0 Å². The van der Waals surface area contributed by atoms with Gasteiger partial charge in [0.05, 0.1) is 30.3 Å². The fraction of sp³-hybridized carbons (Fsp3) is 0.368. The Morgan fingerprint density at radius 1 is 1.07 bits per heavy atom. The van der Waals surface area contributed by atoms with E-state index in [1.165, 1.54) is 0 Å². The zero-order chi connectivity index (χ0) is 19.8. The number of esters is 2. The van der Waals surface area contributed by atoms with E-state index in [-0.39, 0.29) is 43.1 Å². The maximum Gasteiger partial charge on any atom is 0.338 e. The molecule has 2 rings (SSSR count). The van der Waals surface area contributed by atoms with Crippen LogP contribution in [0.25, 0.3) is 0 Å². The average Bonchev–Trinajstić information content (AvgIpc) is 2.64. The van der Waals surface area contributed by atoms with Crippen molar-refractivity contribution in [1.82, 2.24) is 10.6 Å². The maximum absolute atomic E-state index is 12.1. The topological polar surface area (TPSA) is 111 Å². The minimum absolute atomic E-state index is 0.0109. The quantitative estimate of drug-likeness (QED) is 0.529. The van der Waals surface area contributed by atoms with Gasteiger partial charge < -0.3 is 20.1 Å². The third kappa shape index (κ3) is 5.67. The summed E-state index contributed by atoms with van der Waals surface area (Å²) < 4.78 is 10.1. The van der Waals surface area contributed by atoms with Crippen molar-refractivity contribution in [3.8, 4) is 0 Å². The zero-order valence-electron chi connectivity index (χ0n) is 15.2. The highest BCUT2D eigenvalue weighted by molar-refractivity contribution is 5.97. The van der Waals surface area contributed by atoms with Gasteiger partial charge in [0.25, 0.3) is 0 Å². The predicted octanol–water partition coefficient (Wildman–Crippen LogP) is 1.71. The van der Waals surface area contributed by atoms with Crippen LogP contribution in [0.15, 0.2) is 41.6 Å². The monoisotopic (exact) mass is 374 g/mol. The van der Waals surface area contributed by atoms with Gasteiger partial charge in [-0.2, -0.15) is 0 Å². The summed E-state index contributed by atoms with van der Waals surface area (Å²) in [6, 6.07) is 7.57. The van der Waals surface area contributed by atoms with Gasteiger partial charge in [-0.25, -0.2) is 9.59 Å². The fourth-order valence-electron chi connectivity index (χ4n) is 2.60. The van der Waals surface area contributed by atoms with Crippen LogP contribution in [0.3, 0.4) is 0 Å². The molecular formula is C19H22N2O6. The molecule has 8 heteroatoms. The Labute approximate surface area is 156 Å². The van der Waals surface area contributed by atoms with E-state index < -0.39 is 24.0 Å². The molecule has 0 bridgehead atoms. The third-order valence-corrected chi connectivity index (χ3v) is 3.89. The number of urea groups is 1. The molecule has 1 aliphatic rings. The fourth-order valence-corrected chi connectivity index (χ4v) is 2.60. The van der Waals surface area contributed by atoms with Gasteiger partial charge in [-0.3, -0.25) is 9.59 Å². The lowest BCUT2D eigenvalue weighted by Gasteiger charge is -2.26. The van der Waals surface area contributed by atoms with Gasteiger partial charge in [0, 0.05) is 12.0 Å². The van der Waals surface area contributed by atoms with Gasteiger partial charge >= 0.3 is 18.0 Å². The maximum atomic E-state index is 12.1. The van der Waals surface area contributed by atoms with Crippen LogP contribution in [0, 0.1) is 0 Å². The number of ether oxygens (including phenoxy) is 2. The summed E-state index contributed by atoms with van der Waals surface area (Å²) in [6.45, 7) is 3.19. The number of carbonyl (C=O) groups excluding carboxylic acids is 4. The first-order chi connectivity index (χ1) is 12.9. The molecule has 0 spiro atoms. The summed E-state index contributed by atoms with van der Waals surface area (Å²) in [5, 5.41) is 5.02. The van der Waals surface area contributed by atoms with Gasteiger partial charge in [0.1, 0.15) is 6.61 Å². The number of ketones is 1. The second-order valence-corrected chi connectivity index (χ2v) is 5.88. The molecule has 27 heavy (non-hydrogen) atoms. The second kappa shape index (κ2) is 9.51. The van der Waals surface area contributed by atoms with Crippen molar-refractivity contribution in [1.29, 1.82) is 0 Å². The highest BCUT2D eigenvalue weighted by atomic mass is 16.5. The molecule has 144 valence electrons. The van der Waals surface area contributed by atoms with Crippen molar-refractivity contribution in [2.24, 2.45) is 0 Å². The highest BCUT2D eigenvalue weighted by Crippen LogP contribution is 2.15. The molecule has 1 aliphatic heterocycles. The van der Waals surface area contributed by atoms with E-state index in [0.29, 0.717) is 5.56 Å². The van der Waals surface area contributed by atoms with Crippen LogP contribution in [-0.2, 0) is 19.1 Å². The molecule has 2 amide bonds. The minimum atomic E-state index is -0.601.